The summed E-state index contributed by atoms with van der Waals surface area (Å²) in [4.78, 5) is 10.9. The Morgan fingerprint density at radius 2 is 2.21 bits per heavy atom. The van der Waals surface area contributed by atoms with Crippen molar-refractivity contribution in [1.82, 2.24) is 0 Å². The molecule has 1 aliphatic rings. The Bertz CT molecular complexity index is 396. The van der Waals surface area contributed by atoms with Gasteiger partial charge in [-0.1, -0.05) is 6.07 Å². The van der Waals surface area contributed by atoms with E-state index in [0.717, 1.165) is 17.7 Å². The van der Waals surface area contributed by atoms with Gasteiger partial charge in [0.2, 0.25) is 0 Å². The average Bonchev–Trinajstić information content (AvgIpc) is 2.36. The van der Waals surface area contributed by atoms with E-state index in [1.54, 1.807) is 12.1 Å². The van der Waals surface area contributed by atoms with E-state index in [4.69, 9.17) is 5.11 Å². The molecule has 3 nitrogen and oxygen atoms in total. The predicted molar refractivity (Wildman–Crippen MR) is 54.8 cm³/mol. The van der Waals surface area contributed by atoms with Crippen LogP contribution >= 0.6 is 0 Å². The van der Waals surface area contributed by atoms with Crippen molar-refractivity contribution in [2.75, 3.05) is 5.32 Å². The number of rotatable bonds is 1. The van der Waals surface area contributed by atoms with E-state index in [9.17, 15) is 4.79 Å². The maximum Gasteiger partial charge on any atom is 0.336 e. The highest BCUT2D eigenvalue weighted by Crippen LogP contribution is 2.34. The Kier molecular flexibility index (Phi) is 1.77. The molecule has 14 heavy (non-hydrogen) atoms. The Balaban J connectivity index is 2.52. The molecule has 0 saturated carbocycles. The maximum atomic E-state index is 10.9. The predicted octanol–water partition coefficient (Wildman–Crippen LogP) is 2.13. The summed E-state index contributed by atoms with van der Waals surface area (Å²) < 4.78 is 0. The van der Waals surface area contributed by atoms with Crippen LogP contribution in [0.5, 0.6) is 0 Å². The standard InChI is InChI=1S/C11H13NO2/c1-11(2)6-8-7(10(13)14)4-3-5-9(8)12-11/h3-5,12H,6H2,1-2H3,(H,13,14). The highest BCUT2D eigenvalue weighted by atomic mass is 16.4. The summed E-state index contributed by atoms with van der Waals surface area (Å²) in [6.07, 6.45) is 0.769. The van der Waals surface area contributed by atoms with Gasteiger partial charge < -0.3 is 10.4 Å². The molecule has 0 radical (unpaired) electrons. The smallest absolute Gasteiger partial charge is 0.336 e. The highest BCUT2D eigenvalue weighted by molar-refractivity contribution is 5.92. The lowest BCUT2D eigenvalue weighted by molar-refractivity contribution is 0.0696. The molecule has 0 aromatic heterocycles. The van der Waals surface area contributed by atoms with E-state index in [1.165, 1.54) is 0 Å². The van der Waals surface area contributed by atoms with Crippen molar-refractivity contribution in [2.45, 2.75) is 25.8 Å². The van der Waals surface area contributed by atoms with Gasteiger partial charge >= 0.3 is 5.97 Å². The van der Waals surface area contributed by atoms with Crippen molar-refractivity contribution in [2.24, 2.45) is 0 Å². The second-order valence-electron chi connectivity index (χ2n) is 4.32. The fraction of sp³-hybridized carbons (Fsp3) is 0.364. The lowest BCUT2D eigenvalue weighted by Gasteiger charge is -2.17. The lowest BCUT2D eigenvalue weighted by atomic mass is 9.97. The first kappa shape index (κ1) is 9.06. The quantitative estimate of drug-likeness (QED) is 0.715. The number of anilines is 1. The normalized spacial score (nSPS) is 17.3. The van der Waals surface area contributed by atoms with Gasteiger partial charge in [0, 0.05) is 11.2 Å². The number of fused-ring (bicyclic) bond motifs is 1. The van der Waals surface area contributed by atoms with Crippen LogP contribution in [0.4, 0.5) is 5.69 Å². The lowest BCUT2D eigenvalue weighted by Crippen LogP contribution is -2.27. The first-order valence-corrected chi connectivity index (χ1v) is 4.63. The van der Waals surface area contributed by atoms with Crippen molar-refractivity contribution >= 4 is 11.7 Å². The number of carboxylic acid groups (broad SMARTS) is 1. The molecule has 0 amide bonds. The number of benzene rings is 1. The SMILES string of the molecule is CC1(C)Cc2c(cccc2C(=O)O)N1. The van der Waals surface area contributed by atoms with E-state index in [-0.39, 0.29) is 5.54 Å². The van der Waals surface area contributed by atoms with Crippen LogP contribution in [-0.4, -0.2) is 16.6 Å². The van der Waals surface area contributed by atoms with Gasteiger partial charge in [-0.15, -0.1) is 0 Å². The van der Waals surface area contributed by atoms with Crippen LogP contribution in [0, 0.1) is 0 Å². The molecule has 1 heterocycles. The van der Waals surface area contributed by atoms with Gasteiger partial charge in [0.1, 0.15) is 0 Å². The molecule has 1 aromatic carbocycles. The monoisotopic (exact) mass is 191 g/mol. The summed E-state index contributed by atoms with van der Waals surface area (Å²) in [5.74, 6) is -0.846. The summed E-state index contributed by atoms with van der Waals surface area (Å²) in [7, 11) is 0. The molecule has 0 bridgehead atoms. The third kappa shape index (κ3) is 1.35. The van der Waals surface area contributed by atoms with Gasteiger partial charge in [-0.25, -0.2) is 4.79 Å². The van der Waals surface area contributed by atoms with Crippen LogP contribution in [0.15, 0.2) is 18.2 Å². The summed E-state index contributed by atoms with van der Waals surface area (Å²) in [5.41, 5.74) is 2.26. The molecule has 0 saturated heterocycles. The van der Waals surface area contributed by atoms with Gasteiger partial charge in [0.15, 0.2) is 0 Å². The van der Waals surface area contributed by atoms with Crippen LogP contribution in [0.2, 0.25) is 0 Å². The van der Waals surface area contributed by atoms with Crippen LogP contribution in [0.1, 0.15) is 29.8 Å². The minimum atomic E-state index is -0.846. The van der Waals surface area contributed by atoms with Gasteiger partial charge in [-0.05, 0) is 38.0 Å². The van der Waals surface area contributed by atoms with E-state index < -0.39 is 5.97 Å². The Morgan fingerprint density at radius 1 is 1.50 bits per heavy atom. The van der Waals surface area contributed by atoms with Crippen LogP contribution in [-0.2, 0) is 6.42 Å². The minimum absolute atomic E-state index is 0.0338. The maximum absolute atomic E-state index is 10.9. The van der Waals surface area contributed by atoms with Crippen molar-refractivity contribution in [3.63, 3.8) is 0 Å². The Hall–Kier alpha value is -1.51. The van der Waals surface area contributed by atoms with Crippen LogP contribution < -0.4 is 5.32 Å². The highest BCUT2D eigenvalue weighted by Gasteiger charge is 2.30. The molecule has 2 rings (SSSR count). The molecule has 0 unspecified atom stereocenters. The molecule has 1 aromatic rings. The fourth-order valence-electron chi connectivity index (χ4n) is 1.95. The summed E-state index contributed by atoms with van der Waals surface area (Å²) in [6.45, 7) is 4.14. The summed E-state index contributed by atoms with van der Waals surface area (Å²) in [5, 5.41) is 12.3. The molecule has 0 atom stereocenters. The van der Waals surface area contributed by atoms with Crippen molar-refractivity contribution in [3.8, 4) is 0 Å². The number of hydrogen-bond donors (Lipinski definition) is 2. The van der Waals surface area contributed by atoms with E-state index in [0.29, 0.717) is 5.56 Å². The molecule has 74 valence electrons. The molecule has 3 heteroatoms. The molecular weight excluding hydrogens is 178 g/mol. The molecule has 2 N–H and O–H groups in total. The van der Waals surface area contributed by atoms with Gasteiger partial charge in [0.05, 0.1) is 5.56 Å². The zero-order valence-corrected chi connectivity index (χ0v) is 8.29. The van der Waals surface area contributed by atoms with Gasteiger partial charge in [0.25, 0.3) is 0 Å². The molecule has 0 fully saturated rings. The Labute approximate surface area is 82.8 Å². The number of carbonyl (C=O) groups is 1. The number of carboxylic acids is 1. The van der Waals surface area contributed by atoms with Crippen molar-refractivity contribution < 1.29 is 9.90 Å². The van der Waals surface area contributed by atoms with Gasteiger partial charge in [-0.2, -0.15) is 0 Å². The first-order valence-electron chi connectivity index (χ1n) is 4.63. The zero-order valence-electron chi connectivity index (χ0n) is 8.29. The summed E-state index contributed by atoms with van der Waals surface area (Å²) >= 11 is 0. The van der Waals surface area contributed by atoms with Gasteiger partial charge in [-0.3, -0.25) is 0 Å². The largest absolute Gasteiger partial charge is 0.478 e. The van der Waals surface area contributed by atoms with Crippen LogP contribution in [0.25, 0.3) is 0 Å². The fourth-order valence-corrected chi connectivity index (χ4v) is 1.95. The second-order valence-corrected chi connectivity index (χ2v) is 4.32. The third-order valence-electron chi connectivity index (χ3n) is 2.50. The van der Waals surface area contributed by atoms with E-state index >= 15 is 0 Å². The van der Waals surface area contributed by atoms with E-state index in [1.807, 2.05) is 6.07 Å². The Morgan fingerprint density at radius 3 is 2.86 bits per heavy atom. The second kappa shape index (κ2) is 2.74. The molecule has 1 aliphatic heterocycles. The van der Waals surface area contributed by atoms with Crippen molar-refractivity contribution in [1.29, 1.82) is 0 Å². The molecule has 0 spiro atoms. The minimum Gasteiger partial charge on any atom is -0.478 e. The van der Waals surface area contributed by atoms with Crippen LogP contribution in [0.3, 0.4) is 0 Å². The average molecular weight is 191 g/mol. The number of hydrogen-bond acceptors (Lipinski definition) is 2. The number of nitrogens with one attached hydrogen (secondary N) is 1. The molecule has 0 aliphatic carbocycles. The zero-order chi connectivity index (χ0) is 10.3. The number of aromatic carboxylic acids is 1. The molecular formula is C11H13NO2. The van der Waals surface area contributed by atoms with E-state index in [2.05, 4.69) is 19.2 Å². The van der Waals surface area contributed by atoms with Crippen molar-refractivity contribution in [3.05, 3.63) is 29.3 Å². The first-order chi connectivity index (χ1) is 6.49. The third-order valence-corrected chi connectivity index (χ3v) is 2.50. The topological polar surface area (TPSA) is 49.3 Å². The summed E-state index contributed by atoms with van der Waals surface area (Å²) in [6, 6.07) is 5.36.